The van der Waals surface area contributed by atoms with Crippen LogP contribution >= 0.6 is 0 Å². The van der Waals surface area contributed by atoms with Crippen LogP contribution in [0.2, 0.25) is 0 Å². The maximum absolute atomic E-state index is 13.0. The molecule has 0 aliphatic heterocycles. The number of para-hydroxylation sites is 2. The van der Waals surface area contributed by atoms with Crippen LogP contribution in [0.25, 0.3) is 10.9 Å². The van der Waals surface area contributed by atoms with Crippen molar-refractivity contribution in [2.75, 3.05) is 5.32 Å². The van der Waals surface area contributed by atoms with Gasteiger partial charge in [-0.1, -0.05) is 43.7 Å². The van der Waals surface area contributed by atoms with E-state index >= 15 is 0 Å². The SMILES string of the molecule is CCCCn1c(C(=O)Nc2ccccc2C(=O)O)c(C)c2ccccc21. The molecule has 1 aromatic heterocycles. The van der Waals surface area contributed by atoms with Crippen LogP contribution in [0.5, 0.6) is 0 Å². The number of anilines is 1. The Labute approximate surface area is 152 Å². The van der Waals surface area contributed by atoms with Gasteiger partial charge in [-0.15, -0.1) is 0 Å². The van der Waals surface area contributed by atoms with Gasteiger partial charge in [-0.3, -0.25) is 4.79 Å². The highest BCUT2D eigenvalue weighted by Crippen LogP contribution is 2.27. The summed E-state index contributed by atoms with van der Waals surface area (Å²) < 4.78 is 2.03. The predicted octanol–water partition coefficient (Wildman–Crippen LogP) is 4.70. The lowest BCUT2D eigenvalue weighted by Crippen LogP contribution is -2.20. The first-order valence-electron chi connectivity index (χ1n) is 8.76. The van der Waals surface area contributed by atoms with Gasteiger partial charge < -0.3 is 15.0 Å². The first-order chi connectivity index (χ1) is 12.5. The number of aryl methyl sites for hydroxylation is 2. The molecule has 0 bridgehead atoms. The van der Waals surface area contributed by atoms with Crippen LogP contribution in [0.15, 0.2) is 48.5 Å². The third kappa shape index (κ3) is 3.20. The minimum Gasteiger partial charge on any atom is -0.478 e. The van der Waals surface area contributed by atoms with Crippen molar-refractivity contribution in [3.05, 3.63) is 65.4 Å². The number of hydrogen-bond acceptors (Lipinski definition) is 2. The Morgan fingerprint density at radius 1 is 1.08 bits per heavy atom. The second kappa shape index (κ2) is 7.44. The van der Waals surface area contributed by atoms with Gasteiger partial charge >= 0.3 is 5.97 Å². The van der Waals surface area contributed by atoms with Crippen molar-refractivity contribution in [2.24, 2.45) is 0 Å². The highest BCUT2D eigenvalue weighted by atomic mass is 16.4. The number of nitrogens with one attached hydrogen (secondary N) is 1. The summed E-state index contributed by atoms with van der Waals surface area (Å²) in [4.78, 5) is 24.4. The summed E-state index contributed by atoms with van der Waals surface area (Å²) in [5.74, 6) is -1.35. The molecule has 0 spiro atoms. The summed E-state index contributed by atoms with van der Waals surface area (Å²) >= 11 is 0. The summed E-state index contributed by atoms with van der Waals surface area (Å²) in [6, 6.07) is 14.4. The van der Waals surface area contributed by atoms with E-state index in [1.165, 1.54) is 6.07 Å². The zero-order valence-electron chi connectivity index (χ0n) is 15.0. The number of aromatic nitrogens is 1. The molecule has 0 saturated carbocycles. The number of unbranched alkanes of at least 4 members (excludes halogenated alkanes) is 1. The molecule has 5 heteroatoms. The molecule has 0 radical (unpaired) electrons. The highest BCUT2D eigenvalue weighted by molar-refractivity contribution is 6.10. The fraction of sp³-hybridized carbons (Fsp3) is 0.238. The Kier molecular flexibility index (Phi) is 5.07. The smallest absolute Gasteiger partial charge is 0.337 e. The number of carbonyl (C=O) groups excluding carboxylic acids is 1. The van der Waals surface area contributed by atoms with Crippen LogP contribution in [0, 0.1) is 6.92 Å². The number of carboxylic acids is 1. The maximum atomic E-state index is 13.0. The third-order valence-corrected chi connectivity index (χ3v) is 4.58. The fourth-order valence-corrected chi connectivity index (χ4v) is 3.28. The molecule has 134 valence electrons. The Hall–Kier alpha value is -3.08. The van der Waals surface area contributed by atoms with E-state index in [1.54, 1.807) is 18.2 Å². The summed E-state index contributed by atoms with van der Waals surface area (Å²) in [5.41, 5.74) is 2.89. The molecule has 2 aromatic carbocycles. The summed E-state index contributed by atoms with van der Waals surface area (Å²) in [5, 5.41) is 13.2. The van der Waals surface area contributed by atoms with E-state index in [0.29, 0.717) is 11.4 Å². The average Bonchev–Trinajstić information content (AvgIpc) is 2.92. The first kappa shape index (κ1) is 17.7. The lowest BCUT2D eigenvalue weighted by Gasteiger charge is -2.13. The van der Waals surface area contributed by atoms with Crippen molar-refractivity contribution in [1.29, 1.82) is 0 Å². The zero-order chi connectivity index (χ0) is 18.7. The number of carbonyl (C=O) groups is 2. The van der Waals surface area contributed by atoms with Gasteiger partial charge in [-0.05, 0) is 37.1 Å². The minimum absolute atomic E-state index is 0.0784. The standard InChI is InChI=1S/C21H22N2O3/c1-3-4-13-23-18-12-8-6-9-15(18)14(2)19(23)20(24)22-17-11-7-5-10-16(17)21(25)26/h5-12H,3-4,13H2,1-2H3,(H,22,24)(H,25,26). The van der Waals surface area contributed by atoms with E-state index in [0.717, 1.165) is 35.9 Å². The van der Waals surface area contributed by atoms with Crippen LogP contribution in [-0.4, -0.2) is 21.6 Å². The Bertz CT molecular complexity index is 973. The number of rotatable bonds is 6. The van der Waals surface area contributed by atoms with Gasteiger partial charge in [0.2, 0.25) is 0 Å². The van der Waals surface area contributed by atoms with Gasteiger partial charge in [-0.2, -0.15) is 0 Å². The van der Waals surface area contributed by atoms with Crippen LogP contribution in [0.1, 0.15) is 46.2 Å². The number of amides is 1. The Balaban J connectivity index is 2.06. The van der Waals surface area contributed by atoms with Crippen molar-refractivity contribution in [3.63, 3.8) is 0 Å². The third-order valence-electron chi connectivity index (χ3n) is 4.58. The largest absolute Gasteiger partial charge is 0.478 e. The van der Waals surface area contributed by atoms with Gasteiger partial charge in [0.05, 0.1) is 11.3 Å². The Morgan fingerprint density at radius 3 is 2.50 bits per heavy atom. The molecule has 26 heavy (non-hydrogen) atoms. The second-order valence-electron chi connectivity index (χ2n) is 6.30. The van der Waals surface area contributed by atoms with Gasteiger partial charge in [0.25, 0.3) is 5.91 Å². The van der Waals surface area contributed by atoms with Crippen molar-refractivity contribution < 1.29 is 14.7 Å². The van der Waals surface area contributed by atoms with Crippen molar-refractivity contribution >= 4 is 28.5 Å². The number of fused-ring (bicyclic) bond motifs is 1. The fourth-order valence-electron chi connectivity index (χ4n) is 3.28. The molecule has 1 amide bonds. The van der Waals surface area contributed by atoms with Crippen molar-refractivity contribution in [1.82, 2.24) is 4.57 Å². The van der Waals surface area contributed by atoms with Gasteiger partial charge in [0.15, 0.2) is 0 Å². The molecule has 0 aliphatic carbocycles. The normalized spacial score (nSPS) is 10.8. The van der Waals surface area contributed by atoms with Crippen LogP contribution in [-0.2, 0) is 6.54 Å². The summed E-state index contributed by atoms with van der Waals surface area (Å²) in [7, 11) is 0. The summed E-state index contributed by atoms with van der Waals surface area (Å²) in [6.45, 7) is 4.79. The summed E-state index contributed by atoms with van der Waals surface area (Å²) in [6.07, 6.45) is 1.98. The Morgan fingerprint density at radius 2 is 1.77 bits per heavy atom. The highest BCUT2D eigenvalue weighted by Gasteiger charge is 2.21. The molecule has 1 heterocycles. The van der Waals surface area contributed by atoms with Crippen LogP contribution in [0.4, 0.5) is 5.69 Å². The van der Waals surface area contributed by atoms with Gasteiger partial charge in [0, 0.05) is 17.4 Å². The molecule has 0 fully saturated rings. The number of aromatic carboxylic acids is 1. The monoisotopic (exact) mass is 350 g/mol. The number of benzene rings is 2. The van der Waals surface area contributed by atoms with Crippen LogP contribution in [0.3, 0.4) is 0 Å². The molecule has 0 aliphatic rings. The molecule has 5 nitrogen and oxygen atoms in total. The number of hydrogen-bond donors (Lipinski definition) is 2. The van der Waals surface area contributed by atoms with E-state index in [9.17, 15) is 14.7 Å². The lowest BCUT2D eigenvalue weighted by atomic mass is 10.1. The molecular weight excluding hydrogens is 328 g/mol. The molecule has 3 rings (SSSR count). The number of carboxylic acid groups (broad SMARTS) is 1. The molecule has 2 N–H and O–H groups in total. The van der Waals surface area contributed by atoms with Crippen LogP contribution < -0.4 is 5.32 Å². The van der Waals surface area contributed by atoms with E-state index in [2.05, 4.69) is 12.2 Å². The molecule has 3 aromatic rings. The first-order valence-corrected chi connectivity index (χ1v) is 8.76. The molecule has 0 atom stereocenters. The quantitative estimate of drug-likeness (QED) is 0.677. The van der Waals surface area contributed by atoms with E-state index in [4.69, 9.17) is 0 Å². The molecule has 0 saturated heterocycles. The zero-order valence-corrected chi connectivity index (χ0v) is 15.0. The number of nitrogens with zero attached hydrogens (tertiary/aromatic N) is 1. The lowest BCUT2D eigenvalue weighted by molar-refractivity contribution is 0.0698. The van der Waals surface area contributed by atoms with E-state index in [1.807, 2.05) is 35.8 Å². The van der Waals surface area contributed by atoms with Gasteiger partial charge in [-0.25, -0.2) is 4.79 Å². The van der Waals surface area contributed by atoms with Gasteiger partial charge in [0.1, 0.15) is 5.69 Å². The van der Waals surface area contributed by atoms with E-state index < -0.39 is 5.97 Å². The minimum atomic E-state index is -1.07. The molecule has 0 unspecified atom stereocenters. The van der Waals surface area contributed by atoms with Crippen molar-refractivity contribution in [3.8, 4) is 0 Å². The average molecular weight is 350 g/mol. The van der Waals surface area contributed by atoms with E-state index in [-0.39, 0.29) is 11.5 Å². The predicted molar refractivity (Wildman–Crippen MR) is 103 cm³/mol. The van der Waals surface area contributed by atoms with Crippen molar-refractivity contribution in [2.45, 2.75) is 33.2 Å². The maximum Gasteiger partial charge on any atom is 0.337 e. The topological polar surface area (TPSA) is 71.3 Å². The molecular formula is C21H22N2O3. The second-order valence-corrected chi connectivity index (χ2v) is 6.30.